The molecule has 6 nitrogen and oxygen atoms in total. The summed E-state index contributed by atoms with van der Waals surface area (Å²) in [5, 5.41) is 6.59. The van der Waals surface area contributed by atoms with Gasteiger partial charge in [-0.1, -0.05) is 6.07 Å². The van der Waals surface area contributed by atoms with Gasteiger partial charge in [0.25, 0.3) is 5.91 Å². The summed E-state index contributed by atoms with van der Waals surface area (Å²) in [6.45, 7) is 1.64. The van der Waals surface area contributed by atoms with Gasteiger partial charge < -0.3 is 9.15 Å². The number of ether oxygens (including phenoxy) is 1. The SMILES string of the molecule is Cc1cc(=O)oc2cc(OCC(=O)N/N=C/c3cccs3)ccc12. The molecule has 1 aromatic carbocycles. The van der Waals surface area contributed by atoms with E-state index in [-0.39, 0.29) is 12.5 Å². The Labute approximate surface area is 141 Å². The van der Waals surface area contributed by atoms with Crippen LogP contribution in [0.25, 0.3) is 11.0 Å². The van der Waals surface area contributed by atoms with Gasteiger partial charge in [-0.3, -0.25) is 4.79 Å². The van der Waals surface area contributed by atoms with Crippen molar-refractivity contribution in [1.29, 1.82) is 0 Å². The molecule has 1 N–H and O–H groups in total. The van der Waals surface area contributed by atoms with Crippen molar-refractivity contribution < 1.29 is 13.9 Å². The Morgan fingerprint density at radius 2 is 2.25 bits per heavy atom. The van der Waals surface area contributed by atoms with Gasteiger partial charge >= 0.3 is 5.63 Å². The summed E-state index contributed by atoms with van der Waals surface area (Å²) in [6, 6.07) is 10.3. The zero-order valence-electron chi connectivity index (χ0n) is 12.8. The third-order valence-corrected chi connectivity index (χ3v) is 4.02. The number of carbonyl (C=O) groups excluding carboxylic acids is 1. The average molecular weight is 342 g/mol. The molecule has 0 spiro atoms. The van der Waals surface area contributed by atoms with E-state index >= 15 is 0 Å². The minimum absolute atomic E-state index is 0.191. The molecular weight excluding hydrogens is 328 g/mol. The van der Waals surface area contributed by atoms with Gasteiger partial charge in [-0.2, -0.15) is 5.10 Å². The van der Waals surface area contributed by atoms with Crippen molar-refractivity contribution in [2.24, 2.45) is 5.10 Å². The predicted octanol–water partition coefficient (Wildman–Crippen LogP) is 2.69. The Balaban J connectivity index is 1.61. The second kappa shape index (κ2) is 7.10. The molecule has 0 aliphatic carbocycles. The molecule has 0 bridgehead atoms. The second-order valence-corrected chi connectivity index (χ2v) is 5.98. The number of hydrogen-bond donors (Lipinski definition) is 1. The maximum atomic E-state index is 11.7. The van der Waals surface area contributed by atoms with E-state index in [1.807, 2.05) is 24.4 Å². The summed E-state index contributed by atoms with van der Waals surface area (Å²) < 4.78 is 10.5. The summed E-state index contributed by atoms with van der Waals surface area (Å²) in [4.78, 5) is 24.0. The third-order valence-electron chi connectivity index (χ3n) is 3.22. The Morgan fingerprint density at radius 3 is 3.04 bits per heavy atom. The van der Waals surface area contributed by atoms with Gasteiger partial charge in [0.1, 0.15) is 11.3 Å². The largest absolute Gasteiger partial charge is 0.484 e. The van der Waals surface area contributed by atoms with Crippen LogP contribution in [0.3, 0.4) is 0 Å². The number of nitrogens with zero attached hydrogens (tertiary/aromatic N) is 1. The molecule has 0 aliphatic rings. The number of hydrogen-bond acceptors (Lipinski definition) is 6. The first-order chi connectivity index (χ1) is 11.6. The molecule has 0 saturated carbocycles. The lowest BCUT2D eigenvalue weighted by atomic mass is 10.1. The number of carbonyl (C=O) groups is 1. The molecule has 1 amide bonds. The first-order valence-electron chi connectivity index (χ1n) is 7.14. The molecule has 2 aromatic heterocycles. The fraction of sp³-hybridized carbons (Fsp3) is 0.118. The van der Waals surface area contributed by atoms with Crippen molar-refractivity contribution >= 4 is 34.4 Å². The molecule has 3 aromatic rings. The van der Waals surface area contributed by atoms with Crippen LogP contribution in [-0.4, -0.2) is 18.7 Å². The van der Waals surface area contributed by atoms with E-state index in [2.05, 4.69) is 10.5 Å². The molecule has 0 atom stereocenters. The van der Waals surface area contributed by atoms with Crippen LogP contribution in [0.5, 0.6) is 5.75 Å². The fourth-order valence-electron chi connectivity index (χ4n) is 2.11. The van der Waals surface area contributed by atoms with Crippen LogP contribution < -0.4 is 15.8 Å². The maximum absolute atomic E-state index is 11.7. The Kier molecular flexibility index (Phi) is 4.72. The van der Waals surface area contributed by atoms with E-state index in [4.69, 9.17) is 9.15 Å². The maximum Gasteiger partial charge on any atom is 0.336 e. The normalized spacial score (nSPS) is 11.0. The standard InChI is InChI=1S/C17H14N2O4S/c1-11-7-17(21)23-15-8-12(4-5-14(11)15)22-10-16(20)19-18-9-13-3-2-6-24-13/h2-9H,10H2,1H3,(H,19,20)/b18-9+. The van der Waals surface area contributed by atoms with E-state index in [1.165, 1.54) is 17.4 Å². The molecule has 0 aliphatic heterocycles. The molecule has 3 rings (SSSR count). The summed E-state index contributed by atoms with van der Waals surface area (Å²) in [5.41, 5.74) is 3.22. The number of amides is 1. The monoisotopic (exact) mass is 342 g/mol. The molecule has 0 saturated heterocycles. The lowest BCUT2D eigenvalue weighted by Crippen LogP contribution is -2.24. The van der Waals surface area contributed by atoms with Crippen LogP contribution >= 0.6 is 11.3 Å². The number of nitrogens with one attached hydrogen (secondary N) is 1. The van der Waals surface area contributed by atoms with Gasteiger partial charge in [0.2, 0.25) is 0 Å². The van der Waals surface area contributed by atoms with Gasteiger partial charge in [0.15, 0.2) is 6.61 Å². The number of fused-ring (bicyclic) bond motifs is 1. The van der Waals surface area contributed by atoms with Crippen LogP contribution in [0.1, 0.15) is 10.4 Å². The van der Waals surface area contributed by atoms with E-state index < -0.39 is 5.63 Å². The number of rotatable bonds is 5. The van der Waals surface area contributed by atoms with Gasteiger partial charge in [0, 0.05) is 22.4 Å². The lowest BCUT2D eigenvalue weighted by Gasteiger charge is -2.06. The second-order valence-electron chi connectivity index (χ2n) is 5.00. The molecule has 0 fully saturated rings. The first kappa shape index (κ1) is 15.9. The summed E-state index contributed by atoms with van der Waals surface area (Å²) in [7, 11) is 0. The fourth-order valence-corrected chi connectivity index (χ4v) is 2.69. The van der Waals surface area contributed by atoms with Crippen LogP contribution in [-0.2, 0) is 4.79 Å². The van der Waals surface area contributed by atoms with E-state index in [1.54, 1.807) is 24.4 Å². The molecule has 0 unspecified atom stereocenters. The molecule has 122 valence electrons. The van der Waals surface area contributed by atoms with Crippen molar-refractivity contribution in [3.05, 3.63) is 62.6 Å². The van der Waals surface area contributed by atoms with Crippen LogP contribution in [0.2, 0.25) is 0 Å². The smallest absolute Gasteiger partial charge is 0.336 e. The molecule has 24 heavy (non-hydrogen) atoms. The highest BCUT2D eigenvalue weighted by Gasteiger charge is 2.06. The molecular formula is C17H14N2O4S. The summed E-state index contributed by atoms with van der Waals surface area (Å²) in [6.07, 6.45) is 1.57. The Morgan fingerprint density at radius 1 is 1.38 bits per heavy atom. The minimum Gasteiger partial charge on any atom is -0.484 e. The number of hydrazone groups is 1. The van der Waals surface area contributed by atoms with Crippen LogP contribution in [0.15, 0.2) is 56.1 Å². The quantitative estimate of drug-likeness (QED) is 0.439. The number of thiophene rings is 1. The highest BCUT2D eigenvalue weighted by atomic mass is 32.1. The predicted molar refractivity (Wildman–Crippen MR) is 92.8 cm³/mol. The lowest BCUT2D eigenvalue weighted by molar-refractivity contribution is -0.123. The number of benzene rings is 1. The summed E-state index contributed by atoms with van der Waals surface area (Å²) >= 11 is 1.52. The van der Waals surface area contributed by atoms with Crippen molar-refractivity contribution in [2.75, 3.05) is 6.61 Å². The zero-order valence-corrected chi connectivity index (χ0v) is 13.6. The average Bonchev–Trinajstić information content (AvgIpc) is 3.05. The van der Waals surface area contributed by atoms with E-state index in [0.717, 1.165) is 15.8 Å². The van der Waals surface area contributed by atoms with E-state index in [9.17, 15) is 9.59 Å². The van der Waals surface area contributed by atoms with Gasteiger partial charge in [-0.15, -0.1) is 11.3 Å². The first-order valence-corrected chi connectivity index (χ1v) is 8.02. The van der Waals surface area contributed by atoms with E-state index in [0.29, 0.717) is 11.3 Å². The van der Waals surface area contributed by atoms with Gasteiger partial charge in [-0.05, 0) is 36.1 Å². The highest BCUT2D eigenvalue weighted by molar-refractivity contribution is 7.11. The zero-order chi connectivity index (χ0) is 16.9. The van der Waals surface area contributed by atoms with Crippen molar-refractivity contribution in [1.82, 2.24) is 5.43 Å². The number of aryl methyl sites for hydroxylation is 1. The van der Waals surface area contributed by atoms with Crippen molar-refractivity contribution in [3.63, 3.8) is 0 Å². The molecule has 2 heterocycles. The topological polar surface area (TPSA) is 80.9 Å². The molecule has 0 radical (unpaired) electrons. The van der Waals surface area contributed by atoms with Crippen molar-refractivity contribution in [2.45, 2.75) is 6.92 Å². The Hall–Kier alpha value is -2.93. The summed E-state index contributed by atoms with van der Waals surface area (Å²) in [5.74, 6) is 0.0576. The van der Waals surface area contributed by atoms with Crippen LogP contribution in [0, 0.1) is 6.92 Å². The van der Waals surface area contributed by atoms with Gasteiger partial charge in [-0.25, -0.2) is 10.2 Å². The molecule has 7 heteroatoms. The minimum atomic E-state index is -0.419. The van der Waals surface area contributed by atoms with Crippen molar-refractivity contribution in [3.8, 4) is 5.75 Å². The third kappa shape index (κ3) is 3.88. The van der Waals surface area contributed by atoms with Crippen LogP contribution in [0.4, 0.5) is 0 Å². The van der Waals surface area contributed by atoms with Gasteiger partial charge in [0.05, 0.1) is 6.21 Å². The highest BCUT2D eigenvalue weighted by Crippen LogP contribution is 2.22. The Bertz CT molecular complexity index is 945.